The first kappa shape index (κ1) is 9.72. The predicted molar refractivity (Wildman–Crippen MR) is 42.0 cm³/mol. The molecule has 0 heterocycles. The molecular formula is C6H13ClN2O. The molecule has 0 unspecified atom stereocenters. The van der Waals surface area contributed by atoms with Gasteiger partial charge in [-0.1, -0.05) is 0 Å². The molecule has 0 aliphatic rings. The van der Waals surface area contributed by atoms with Crippen LogP contribution in [0.2, 0.25) is 0 Å². The fourth-order valence-corrected chi connectivity index (χ4v) is 0.468. The summed E-state index contributed by atoms with van der Waals surface area (Å²) in [5, 5.41) is 2.58. The van der Waals surface area contributed by atoms with Gasteiger partial charge in [0.05, 0.1) is 0 Å². The first-order valence-electron chi connectivity index (χ1n) is 3.07. The molecule has 0 aromatic carbocycles. The van der Waals surface area contributed by atoms with Crippen LogP contribution in [0.1, 0.15) is 13.8 Å². The maximum atomic E-state index is 10.6. The van der Waals surface area contributed by atoms with Gasteiger partial charge in [0.2, 0.25) is 5.91 Å². The van der Waals surface area contributed by atoms with Crippen LogP contribution >= 0.6 is 11.6 Å². The third-order valence-electron chi connectivity index (χ3n) is 0.863. The molecule has 0 fully saturated rings. The van der Waals surface area contributed by atoms with Crippen molar-refractivity contribution in [3.63, 3.8) is 0 Å². The SMILES string of the molecule is CC(C)(N)CNC(=O)CCl. The quantitative estimate of drug-likeness (QED) is 0.581. The molecule has 0 aromatic heterocycles. The number of alkyl halides is 1. The first-order valence-corrected chi connectivity index (χ1v) is 3.61. The van der Waals surface area contributed by atoms with E-state index in [1.165, 1.54) is 0 Å². The Labute approximate surface area is 65.9 Å². The van der Waals surface area contributed by atoms with Crippen molar-refractivity contribution in [3.8, 4) is 0 Å². The fourth-order valence-electron chi connectivity index (χ4n) is 0.374. The van der Waals surface area contributed by atoms with Crippen molar-refractivity contribution in [2.45, 2.75) is 19.4 Å². The van der Waals surface area contributed by atoms with Crippen LogP contribution in [0.3, 0.4) is 0 Å². The Kier molecular flexibility index (Phi) is 3.68. The van der Waals surface area contributed by atoms with Gasteiger partial charge < -0.3 is 11.1 Å². The third kappa shape index (κ3) is 5.85. The third-order valence-corrected chi connectivity index (χ3v) is 1.11. The Morgan fingerprint density at radius 2 is 2.20 bits per heavy atom. The minimum absolute atomic E-state index is 0.00389. The highest BCUT2D eigenvalue weighted by Gasteiger charge is 2.10. The Morgan fingerprint density at radius 1 is 1.70 bits per heavy atom. The number of nitrogens with two attached hydrogens (primary N) is 1. The lowest BCUT2D eigenvalue weighted by Crippen LogP contribution is -2.45. The minimum Gasteiger partial charge on any atom is -0.353 e. The van der Waals surface area contributed by atoms with E-state index in [1.54, 1.807) is 0 Å². The van der Waals surface area contributed by atoms with Crippen molar-refractivity contribution in [2.75, 3.05) is 12.4 Å². The summed E-state index contributed by atoms with van der Waals surface area (Å²) >= 11 is 5.23. The highest BCUT2D eigenvalue weighted by atomic mass is 35.5. The van der Waals surface area contributed by atoms with Gasteiger partial charge in [-0.25, -0.2) is 0 Å². The molecule has 0 aliphatic carbocycles. The molecule has 0 saturated carbocycles. The molecule has 0 spiro atoms. The molecule has 0 aromatic rings. The van der Waals surface area contributed by atoms with E-state index in [-0.39, 0.29) is 17.3 Å². The van der Waals surface area contributed by atoms with Gasteiger partial charge in [0.1, 0.15) is 5.88 Å². The van der Waals surface area contributed by atoms with E-state index < -0.39 is 0 Å². The highest BCUT2D eigenvalue weighted by Crippen LogP contribution is 1.92. The second-order valence-corrected chi connectivity index (χ2v) is 3.17. The molecule has 0 bridgehead atoms. The van der Waals surface area contributed by atoms with Crippen LogP contribution in [-0.4, -0.2) is 23.9 Å². The molecule has 0 saturated heterocycles. The zero-order chi connectivity index (χ0) is 8.20. The van der Waals surface area contributed by atoms with Crippen molar-refractivity contribution < 1.29 is 4.79 Å². The first-order chi connectivity index (χ1) is 4.45. The number of amides is 1. The maximum Gasteiger partial charge on any atom is 0.234 e. The Bertz CT molecular complexity index is 119. The Balaban J connectivity index is 3.46. The number of hydrogen-bond donors (Lipinski definition) is 2. The molecule has 0 rings (SSSR count). The fraction of sp³-hybridized carbons (Fsp3) is 0.833. The summed E-state index contributed by atoms with van der Waals surface area (Å²) in [6.07, 6.45) is 0. The van der Waals surface area contributed by atoms with Crippen LogP contribution in [0, 0.1) is 0 Å². The number of rotatable bonds is 3. The van der Waals surface area contributed by atoms with Crippen molar-refractivity contribution in [1.29, 1.82) is 0 Å². The van der Waals surface area contributed by atoms with Crippen LogP contribution in [0.15, 0.2) is 0 Å². The van der Waals surface area contributed by atoms with Crippen molar-refractivity contribution in [3.05, 3.63) is 0 Å². The summed E-state index contributed by atoms with van der Waals surface area (Å²) in [6.45, 7) is 4.13. The van der Waals surface area contributed by atoms with E-state index in [0.29, 0.717) is 6.54 Å². The summed E-state index contributed by atoms with van der Waals surface area (Å²) in [4.78, 5) is 10.6. The summed E-state index contributed by atoms with van der Waals surface area (Å²) in [7, 11) is 0. The van der Waals surface area contributed by atoms with Crippen molar-refractivity contribution in [2.24, 2.45) is 5.73 Å². The molecule has 0 radical (unpaired) electrons. The van der Waals surface area contributed by atoms with Gasteiger partial charge in [-0.15, -0.1) is 11.6 Å². The molecule has 4 heteroatoms. The molecular weight excluding hydrogens is 152 g/mol. The lowest BCUT2D eigenvalue weighted by atomic mass is 10.1. The van der Waals surface area contributed by atoms with E-state index in [9.17, 15) is 4.79 Å². The lowest BCUT2D eigenvalue weighted by Gasteiger charge is -2.18. The largest absolute Gasteiger partial charge is 0.353 e. The van der Waals surface area contributed by atoms with Crippen LogP contribution in [0.4, 0.5) is 0 Å². The van der Waals surface area contributed by atoms with Crippen molar-refractivity contribution >= 4 is 17.5 Å². The van der Waals surface area contributed by atoms with Gasteiger partial charge in [0, 0.05) is 12.1 Å². The number of carbonyl (C=O) groups excluding carboxylic acids is 1. The molecule has 60 valence electrons. The number of halogens is 1. The monoisotopic (exact) mass is 164 g/mol. The molecule has 10 heavy (non-hydrogen) atoms. The van der Waals surface area contributed by atoms with Gasteiger partial charge in [0.25, 0.3) is 0 Å². The Morgan fingerprint density at radius 3 is 2.50 bits per heavy atom. The topological polar surface area (TPSA) is 55.1 Å². The molecule has 3 nitrogen and oxygen atoms in total. The zero-order valence-electron chi connectivity index (χ0n) is 6.28. The summed E-state index contributed by atoms with van der Waals surface area (Å²) in [5.41, 5.74) is 5.22. The average Bonchev–Trinajstić information content (AvgIpc) is 1.81. The standard InChI is InChI=1S/C6H13ClN2O/c1-6(2,8)4-9-5(10)3-7/h3-4,8H2,1-2H3,(H,9,10). The molecule has 1 amide bonds. The normalized spacial score (nSPS) is 11.2. The number of hydrogen-bond acceptors (Lipinski definition) is 2. The smallest absolute Gasteiger partial charge is 0.234 e. The van der Waals surface area contributed by atoms with Gasteiger partial charge in [-0.2, -0.15) is 0 Å². The molecule has 3 N–H and O–H groups in total. The Hall–Kier alpha value is -0.280. The molecule has 0 atom stereocenters. The summed E-state index contributed by atoms with van der Waals surface area (Å²) in [5.74, 6) is -0.184. The van der Waals surface area contributed by atoms with Crippen LogP contribution < -0.4 is 11.1 Å². The number of nitrogens with one attached hydrogen (secondary N) is 1. The van der Waals surface area contributed by atoms with Gasteiger partial charge in [-0.05, 0) is 13.8 Å². The van der Waals surface area contributed by atoms with Crippen LogP contribution in [-0.2, 0) is 4.79 Å². The van der Waals surface area contributed by atoms with E-state index in [0.717, 1.165) is 0 Å². The predicted octanol–water partition coefficient (Wildman–Crippen LogP) is 0.0787. The van der Waals surface area contributed by atoms with E-state index in [1.807, 2.05) is 13.8 Å². The van der Waals surface area contributed by atoms with E-state index in [4.69, 9.17) is 17.3 Å². The maximum absolute atomic E-state index is 10.6. The van der Waals surface area contributed by atoms with Crippen LogP contribution in [0.5, 0.6) is 0 Å². The lowest BCUT2D eigenvalue weighted by molar-refractivity contribution is -0.118. The summed E-state index contributed by atoms with van der Waals surface area (Å²) in [6, 6.07) is 0. The van der Waals surface area contributed by atoms with E-state index >= 15 is 0 Å². The van der Waals surface area contributed by atoms with Crippen LogP contribution in [0.25, 0.3) is 0 Å². The van der Waals surface area contributed by atoms with Crippen molar-refractivity contribution in [1.82, 2.24) is 5.32 Å². The van der Waals surface area contributed by atoms with Gasteiger partial charge in [0.15, 0.2) is 0 Å². The summed E-state index contributed by atoms with van der Waals surface area (Å²) < 4.78 is 0. The number of carbonyl (C=O) groups is 1. The van der Waals surface area contributed by atoms with Gasteiger partial charge >= 0.3 is 0 Å². The second-order valence-electron chi connectivity index (χ2n) is 2.90. The van der Waals surface area contributed by atoms with E-state index in [2.05, 4.69) is 5.32 Å². The molecule has 0 aliphatic heterocycles. The second kappa shape index (κ2) is 3.78. The zero-order valence-corrected chi connectivity index (χ0v) is 7.03. The minimum atomic E-state index is -0.359. The van der Waals surface area contributed by atoms with Gasteiger partial charge in [-0.3, -0.25) is 4.79 Å². The average molecular weight is 165 g/mol. The highest BCUT2D eigenvalue weighted by molar-refractivity contribution is 6.27.